The maximum atomic E-state index is 5.99. The number of benzene rings is 1. The highest BCUT2D eigenvalue weighted by Gasteiger charge is 2.05. The van der Waals surface area contributed by atoms with Crippen LogP contribution in [-0.4, -0.2) is 11.9 Å². The zero-order chi connectivity index (χ0) is 14.8. The molecule has 0 aliphatic heterocycles. The van der Waals surface area contributed by atoms with Crippen molar-refractivity contribution >= 4 is 15.9 Å². The molecule has 114 valence electrons. The first kappa shape index (κ1) is 17.6. The highest BCUT2D eigenvalue weighted by atomic mass is 79.9. The molecule has 0 aromatic heterocycles. The van der Waals surface area contributed by atoms with E-state index in [1.165, 1.54) is 61.6 Å². The predicted octanol–water partition coefficient (Wildman–Crippen LogP) is 6.12. The molecule has 0 unspecified atom stereocenters. The molecule has 0 saturated carbocycles. The third kappa shape index (κ3) is 6.30. The minimum Gasteiger partial charge on any atom is -0.493 e. The maximum Gasteiger partial charge on any atom is 0.125 e. The summed E-state index contributed by atoms with van der Waals surface area (Å²) in [7, 11) is 0. The lowest BCUT2D eigenvalue weighted by molar-refractivity contribution is 0.300. The average Bonchev–Trinajstić information content (AvgIpc) is 2.44. The van der Waals surface area contributed by atoms with Gasteiger partial charge in [-0.25, -0.2) is 0 Å². The van der Waals surface area contributed by atoms with Gasteiger partial charge in [0.05, 0.1) is 6.61 Å². The molecule has 0 saturated heterocycles. The standard InChI is InChI=1S/C18H29BrO/c1-15-11-12-16(2)18(17(15)3)20-14-10-8-6-4-5-7-9-13-19/h11-12H,4-10,13-14H2,1-3H3. The first-order chi connectivity index (χ1) is 9.66. The average molecular weight is 341 g/mol. The summed E-state index contributed by atoms with van der Waals surface area (Å²) < 4.78 is 5.99. The molecule has 2 heteroatoms. The molecule has 0 amide bonds. The Morgan fingerprint density at radius 2 is 1.35 bits per heavy atom. The SMILES string of the molecule is Cc1ccc(C)c(OCCCCCCCCCBr)c1C. The summed E-state index contributed by atoms with van der Waals surface area (Å²) in [6.45, 7) is 7.29. The van der Waals surface area contributed by atoms with Crippen LogP contribution in [0.3, 0.4) is 0 Å². The summed E-state index contributed by atoms with van der Waals surface area (Å²) in [4.78, 5) is 0. The first-order valence-electron chi connectivity index (χ1n) is 7.92. The Balaban J connectivity index is 2.14. The summed E-state index contributed by atoms with van der Waals surface area (Å²) in [6, 6.07) is 4.33. The lowest BCUT2D eigenvalue weighted by Crippen LogP contribution is -2.01. The number of ether oxygens (including phenoxy) is 1. The molecule has 0 radical (unpaired) electrons. The molecule has 20 heavy (non-hydrogen) atoms. The zero-order valence-electron chi connectivity index (χ0n) is 13.3. The van der Waals surface area contributed by atoms with Crippen LogP contribution in [-0.2, 0) is 0 Å². The fourth-order valence-corrected chi connectivity index (χ4v) is 2.80. The summed E-state index contributed by atoms with van der Waals surface area (Å²) in [5.41, 5.74) is 3.86. The highest BCUT2D eigenvalue weighted by Crippen LogP contribution is 2.25. The van der Waals surface area contributed by atoms with Gasteiger partial charge in [-0.05, 0) is 50.3 Å². The van der Waals surface area contributed by atoms with Gasteiger partial charge >= 0.3 is 0 Å². The minimum atomic E-state index is 0.854. The van der Waals surface area contributed by atoms with Crippen molar-refractivity contribution in [2.75, 3.05) is 11.9 Å². The maximum absolute atomic E-state index is 5.99. The van der Waals surface area contributed by atoms with Crippen LogP contribution in [0.15, 0.2) is 12.1 Å². The van der Waals surface area contributed by atoms with Gasteiger partial charge in [-0.3, -0.25) is 0 Å². The van der Waals surface area contributed by atoms with E-state index in [9.17, 15) is 0 Å². The van der Waals surface area contributed by atoms with Crippen LogP contribution < -0.4 is 4.74 Å². The molecule has 0 spiro atoms. The van der Waals surface area contributed by atoms with Crippen molar-refractivity contribution in [2.45, 2.75) is 65.7 Å². The number of halogens is 1. The largest absolute Gasteiger partial charge is 0.493 e. The van der Waals surface area contributed by atoms with Crippen molar-refractivity contribution in [3.8, 4) is 5.75 Å². The summed E-state index contributed by atoms with van der Waals surface area (Å²) in [5, 5.41) is 1.15. The molecule has 0 N–H and O–H groups in total. The molecule has 0 aliphatic rings. The molecule has 0 bridgehead atoms. The van der Waals surface area contributed by atoms with Crippen LogP contribution in [0.1, 0.15) is 61.6 Å². The molecular formula is C18H29BrO. The second-order valence-electron chi connectivity index (χ2n) is 5.67. The van der Waals surface area contributed by atoms with E-state index in [0.717, 1.165) is 17.7 Å². The zero-order valence-corrected chi connectivity index (χ0v) is 14.9. The van der Waals surface area contributed by atoms with E-state index in [1.807, 2.05) is 0 Å². The highest BCUT2D eigenvalue weighted by molar-refractivity contribution is 9.09. The van der Waals surface area contributed by atoms with Crippen molar-refractivity contribution in [1.82, 2.24) is 0 Å². The molecular weight excluding hydrogens is 312 g/mol. The van der Waals surface area contributed by atoms with Crippen molar-refractivity contribution in [1.29, 1.82) is 0 Å². The van der Waals surface area contributed by atoms with Crippen LogP contribution in [0.25, 0.3) is 0 Å². The predicted molar refractivity (Wildman–Crippen MR) is 92.3 cm³/mol. The quantitative estimate of drug-likeness (QED) is 0.368. The van der Waals surface area contributed by atoms with Crippen LogP contribution in [0.5, 0.6) is 5.75 Å². The number of rotatable bonds is 10. The number of unbranched alkanes of at least 4 members (excludes halogenated alkanes) is 6. The van der Waals surface area contributed by atoms with E-state index in [4.69, 9.17) is 4.74 Å². The molecule has 0 atom stereocenters. The Bertz CT molecular complexity index is 387. The van der Waals surface area contributed by atoms with Gasteiger partial charge in [0.2, 0.25) is 0 Å². The first-order valence-corrected chi connectivity index (χ1v) is 9.04. The fourth-order valence-electron chi connectivity index (χ4n) is 2.40. The molecule has 0 heterocycles. The van der Waals surface area contributed by atoms with Crippen molar-refractivity contribution < 1.29 is 4.74 Å². The number of hydrogen-bond donors (Lipinski definition) is 0. The number of alkyl halides is 1. The Labute approximate surface area is 133 Å². The Morgan fingerprint density at radius 1 is 0.800 bits per heavy atom. The van der Waals surface area contributed by atoms with Gasteiger partial charge in [0.15, 0.2) is 0 Å². The smallest absolute Gasteiger partial charge is 0.125 e. The second kappa shape index (κ2) is 10.3. The Kier molecular flexibility index (Phi) is 9.00. The molecule has 0 aliphatic carbocycles. The second-order valence-corrected chi connectivity index (χ2v) is 6.46. The van der Waals surface area contributed by atoms with E-state index in [-0.39, 0.29) is 0 Å². The van der Waals surface area contributed by atoms with Crippen LogP contribution >= 0.6 is 15.9 Å². The summed E-state index contributed by atoms with van der Waals surface area (Å²) in [6.07, 6.45) is 9.23. The van der Waals surface area contributed by atoms with Gasteiger partial charge < -0.3 is 4.74 Å². The van der Waals surface area contributed by atoms with E-state index in [0.29, 0.717) is 0 Å². The topological polar surface area (TPSA) is 9.23 Å². The van der Waals surface area contributed by atoms with Crippen molar-refractivity contribution in [2.24, 2.45) is 0 Å². The van der Waals surface area contributed by atoms with E-state index < -0.39 is 0 Å². The Morgan fingerprint density at radius 3 is 2.00 bits per heavy atom. The normalized spacial score (nSPS) is 10.8. The van der Waals surface area contributed by atoms with Gasteiger partial charge in [-0.2, -0.15) is 0 Å². The molecule has 1 rings (SSSR count). The molecule has 1 aromatic rings. The van der Waals surface area contributed by atoms with Gasteiger partial charge in [0.25, 0.3) is 0 Å². The third-order valence-electron chi connectivity index (χ3n) is 3.90. The van der Waals surface area contributed by atoms with Crippen LogP contribution in [0.2, 0.25) is 0 Å². The van der Waals surface area contributed by atoms with E-state index in [1.54, 1.807) is 0 Å². The summed E-state index contributed by atoms with van der Waals surface area (Å²) in [5.74, 6) is 1.10. The monoisotopic (exact) mass is 340 g/mol. The number of aryl methyl sites for hydroxylation is 2. The lowest BCUT2D eigenvalue weighted by atomic mass is 10.1. The van der Waals surface area contributed by atoms with Gasteiger partial charge in [0.1, 0.15) is 5.75 Å². The van der Waals surface area contributed by atoms with Gasteiger partial charge in [-0.15, -0.1) is 0 Å². The lowest BCUT2D eigenvalue weighted by Gasteiger charge is -2.13. The molecule has 1 nitrogen and oxygen atoms in total. The van der Waals surface area contributed by atoms with E-state index >= 15 is 0 Å². The van der Waals surface area contributed by atoms with Gasteiger partial charge in [0, 0.05) is 5.33 Å². The number of hydrogen-bond acceptors (Lipinski definition) is 1. The van der Waals surface area contributed by atoms with Crippen LogP contribution in [0.4, 0.5) is 0 Å². The molecule has 1 aromatic carbocycles. The molecule has 0 fully saturated rings. The Hall–Kier alpha value is -0.500. The van der Waals surface area contributed by atoms with E-state index in [2.05, 4.69) is 48.8 Å². The van der Waals surface area contributed by atoms with Crippen LogP contribution in [0, 0.1) is 20.8 Å². The van der Waals surface area contributed by atoms with Gasteiger partial charge in [-0.1, -0.05) is 60.2 Å². The van der Waals surface area contributed by atoms with Crippen molar-refractivity contribution in [3.05, 3.63) is 28.8 Å². The van der Waals surface area contributed by atoms with Crippen molar-refractivity contribution in [3.63, 3.8) is 0 Å². The minimum absolute atomic E-state index is 0.854. The third-order valence-corrected chi connectivity index (χ3v) is 4.46. The fraction of sp³-hybridized carbons (Fsp3) is 0.667. The summed E-state index contributed by atoms with van der Waals surface area (Å²) >= 11 is 3.48.